The molecule has 2 aromatic rings. The number of rotatable bonds is 4. The molecule has 19 heavy (non-hydrogen) atoms. The minimum atomic E-state index is 0.143. The Hall–Kier alpha value is -1.88. The van der Waals surface area contributed by atoms with Crippen molar-refractivity contribution in [1.82, 2.24) is 10.1 Å². The second-order valence-electron chi connectivity index (χ2n) is 4.67. The van der Waals surface area contributed by atoms with Crippen LogP contribution in [0.3, 0.4) is 0 Å². The normalized spacial score (nSPS) is 17.8. The third kappa shape index (κ3) is 2.46. The molecule has 0 spiro atoms. The van der Waals surface area contributed by atoms with Crippen LogP contribution in [0.15, 0.2) is 28.8 Å². The average Bonchev–Trinajstić information content (AvgIpc) is 2.93. The molecule has 0 saturated carbocycles. The minimum absolute atomic E-state index is 0.143. The van der Waals surface area contributed by atoms with Crippen LogP contribution in [-0.2, 0) is 6.42 Å². The standard InChI is InChI=1S/C14H17N3O2/c15-8-3-6-13-16-14(19-17-13)11-7-9-18-12-5-2-1-4-10(11)12/h1-2,4-5,11H,3,6-9,15H2. The molecular formula is C14H17N3O2. The van der Waals surface area contributed by atoms with E-state index >= 15 is 0 Å². The zero-order valence-electron chi connectivity index (χ0n) is 10.7. The number of hydrogen-bond donors (Lipinski definition) is 1. The highest BCUT2D eigenvalue weighted by atomic mass is 16.5. The number of benzene rings is 1. The van der Waals surface area contributed by atoms with E-state index < -0.39 is 0 Å². The predicted octanol–water partition coefficient (Wildman–Crippen LogP) is 1.88. The number of para-hydroxylation sites is 1. The number of ether oxygens (including phenoxy) is 1. The van der Waals surface area contributed by atoms with Crippen molar-refractivity contribution in [2.45, 2.75) is 25.2 Å². The van der Waals surface area contributed by atoms with E-state index in [2.05, 4.69) is 16.2 Å². The second-order valence-corrected chi connectivity index (χ2v) is 4.67. The van der Waals surface area contributed by atoms with E-state index in [-0.39, 0.29) is 5.92 Å². The van der Waals surface area contributed by atoms with Gasteiger partial charge in [-0.1, -0.05) is 23.4 Å². The van der Waals surface area contributed by atoms with Gasteiger partial charge < -0.3 is 15.0 Å². The first-order valence-electron chi connectivity index (χ1n) is 6.63. The minimum Gasteiger partial charge on any atom is -0.493 e. The third-order valence-electron chi connectivity index (χ3n) is 3.34. The molecule has 2 N–H and O–H groups in total. The lowest BCUT2D eigenvalue weighted by Crippen LogP contribution is -2.15. The summed E-state index contributed by atoms with van der Waals surface area (Å²) in [6.45, 7) is 1.33. The molecule has 100 valence electrons. The number of nitrogens with two attached hydrogens (primary N) is 1. The molecule has 1 aliphatic rings. The molecule has 1 aliphatic heterocycles. The van der Waals surface area contributed by atoms with Crippen LogP contribution in [0.5, 0.6) is 5.75 Å². The first kappa shape index (κ1) is 12.2. The highest BCUT2D eigenvalue weighted by molar-refractivity contribution is 5.40. The molecule has 0 radical (unpaired) electrons. The Morgan fingerprint density at radius 3 is 3.11 bits per heavy atom. The first-order chi connectivity index (χ1) is 9.38. The predicted molar refractivity (Wildman–Crippen MR) is 70.1 cm³/mol. The molecule has 0 amide bonds. The SMILES string of the molecule is NCCCc1noc(C2CCOc3ccccc32)n1. The molecule has 5 nitrogen and oxygen atoms in total. The fourth-order valence-electron chi connectivity index (χ4n) is 2.37. The summed E-state index contributed by atoms with van der Waals surface area (Å²) in [5, 5.41) is 4.02. The molecule has 1 unspecified atom stereocenters. The van der Waals surface area contributed by atoms with Crippen molar-refractivity contribution < 1.29 is 9.26 Å². The summed E-state index contributed by atoms with van der Waals surface area (Å²) in [5.74, 6) is 2.48. The maximum absolute atomic E-state index is 5.64. The largest absolute Gasteiger partial charge is 0.493 e. The van der Waals surface area contributed by atoms with Crippen molar-refractivity contribution in [2.24, 2.45) is 5.73 Å². The Morgan fingerprint density at radius 1 is 1.32 bits per heavy atom. The van der Waals surface area contributed by atoms with Crippen molar-refractivity contribution in [3.05, 3.63) is 41.5 Å². The Morgan fingerprint density at radius 2 is 2.21 bits per heavy atom. The Bertz CT molecular complexity index is 553. The molecular weight excluding hydrogens is 242 g/mol. The van der Waals surface area contributed by atoms with Crippen LogP contribution in [0.4, 0.5) is 0 Å². The molecule has 3 rings (SSSR count). The smallest absolute Gasteiger partial charge is 0.234 e. The van der Waals surface area contributed by atoms with Crippen LogP contribution in [0.2, 0.25) is 0 Å². The lowest BCUT2D eigenvalue weighted by molar-refractivity contribution is 0.256. The van der Waals surface area contributed by atoms with Crippen molar-refractivity contribution in [2.75, 3.05) is 13.2 Å². The van der Waals surface area contributed by atoms with Gasteiger partial charge in [0.25, 0.3) is 0 Å². The van der Waals surface area contributed by atoms with Crippen molar-refractivity contribution in [3.8, 4) is 5.75 Å². The van der Waals surface area contributed by atoms with E-state index in [4.69, 9.17) is 15.0 Å². The number of fused-ring (bicyclic) bond motifs is 1. The van der Waals surface area contributed by atoms with Crippen molar-refractivity contribution >= 4 is 0 Å². The van der Waals surface area contributed by atoms with Gasteiger partial charge in [-0.15, -0.1) is 0 Å². The Balaban J connectivity index is 1.85. The monoisotopic (exact) mass is 259 g/mol. The lowest BCUT2D eigenvalue weighted by Gasteiger charge is -2.22. The van der Waals surface area contributed by atoms with Crippen molar-refractivity contribution in [1.29, 1.82) is 0 Å². The second kappa shape index (κ2) is 5.40. The lowest BCUT2D eigenvalue weighted by atomic mass is 9.93. The molecule has 0 saturated heterocycles. The van der Waals surface area contributed by atoms with Crippen LogP contribution in [-0.4, -0.2) is 23.3 Å². The Kier molecular flexibility index (Phi) is 3.46. The van der Waals surface area contributed by atoms with Crippen LogP contribution in [0.1, 0.15) is 36.0 Å². The van der Waals surface area contributed by atoms with Gasteiger partial charge in [-0.2, -0.15) is 4.98 Å². The molecule has 0 bridgehead atoms. The molecule has 2 heterocycles. The number of nitrogens with zero attached hydrogens (tertiary/aromatic N) is 2. The summed E-state index contributed by atoms with van der Waals surface area (Å²) in [7, 11) is 0. The summed E-state index contributed by atoms with van der Waals surface area (Å²) in [5.41, 5.74) is 6.61. The summed E-state index contributed by atoms with van der Waals surface area (Å²) in [6, 6.07) is 8.02. The van der Waals surface area contributed by atoms with Gasteiger partial charge >= 0.3 is 0 Å². The Labute approximate surface area is 111 Å². The van der Waals surface area contributed by atoms with Gasteiger partial charge in [-0.3, -0.25) is 0 Å². The van der Waals surface area contributed by atoms with E-state index in [0.717, 1.165) is 36.4 Å². The van der Waals surface area contributed by atoms with E-state index in [0.29, 0.717) is 19.0 Å². The molecule has 0 fully saturated rings. The van der Waals surface area contributed by atoms with Crippen LogP contribution >= 0.6 is 0 Å². The molecule has 1 aromatic heterocycles. The number of aryl methyl sites for hydroxylation is 1. The molecule has 5 heteroatoms. The summed E-state index contributed by atoms with van der Waals surface area (Å²) < 4.78 is 11.0. The zero-order chi connectivity index (χ0) is 13.1. The van der Waals surface area contributed by atoms with Gasteiger partial charge in [-0.05, 0) is 25.5 Å². The maximum atomic E-state index is 5.64. The fourth-order valence-corrected chi connectivity index (χ4v) is 2.37. The van der Waals surface area contributed by atoms with Gasteiger partial charge in [0.2, 0.25) is 5.89 Å². The van der Waals surface area contributed by atoms with E-state index in [1.807, 2.05) is 18.2 Å². The van der Waals surface area contributed by atoms with Gasteiger partial charge in [0, 0.05) is 12.0 Å². The van der Waals surface area contributed by atoms with E-state index in [1.165, 1.54) is 0 Å². The van der Waals surface area contributed by atoms with Gasteiger partial charge in [0.05, 0.1) is 12.5 Å². The highest BCUT2D eigenvalue weighted by Crippen LogP contribution is 2.37. The van der Waals surface area contributed by atoms with Crippen LogP contribution in [0, 0.1) is 0 Å². The average molecular weight is 259 g/mol. The third-order valence-corrected chi connectivity index (χ3v) is 3.34. The van der Waals surface area contributed by atoms with E-state index in [9.17, 15) is 0 Å². The van der Waals surface area contributed by atoms with Crippen molar-refractivity contribution in [3.63, 3.8) is 0 Å². The fraction of sp³-hybridized carbons (Fsp3) is 0.429. The summed E-state index contributed by atoms with van der Waals surface area (Å²) in [6.07, 6.45) is 2.52. The number of aromatic nitrogens is 2. The van der Waals surface area contributed by atoms with Gasteiger partial charge in [-0.25, -0.2) is 0 Å². The molecule has 0 aliphatic carbocycles. The van der Waals surface area contributed by atoms with Gasteiger partial charge in [0.15, 0.2) is 5.82 Å². The molecule has 1 aromatic carbocycles. The van der Waals surface area contributed by atoms with E-state index in [1.54, 1.807) is 0 Å². The summed E-state index contributed by atoms with van der Waals surface area (Å²) >= 11 is 0. The maximum Gasteiger partial charge on any atom is 0.234 e. The summed E-state index contributed by atoms with van der Waals surface area (Å²) in [4.78, 5) is 4.48. The van der Waals surface area contributed by atoms with Crippen LogP contribution in [0.25, 0.3) is 0 Å². The molecule has 1 atom stereocenters. The topological polar surface area (TPSA) is 74.2 Å². The van der Waals surface area contributed by atoms with Gasteiger partial charge in [0.1, 0.15) is 5.75 Å². The zero-order valence-corrected chi connectivity index (χ0v) is 10.7. The quantitative estimate of drug-likeness (QED) is 0.907. The van der Waals surface area contributed by atoms with Crippen LogP contribution < -0.4 is 10.5 Å². The first-order valence-corrected chi connectivity index (χ1v) is 6.63. The number of hydrogen-bond acceptors (Lipinski definition) is 5. The highest BCUT2D eigenvalue weighted by Gasteiger charge is 2.27.